The molecule has 0 bridgehead atoms. The molecule has 0 aliphatic carbocycles. The van der Waals surface area contributed by atoms with Crippen LogP contribution in [0.2, 0.25) is 25.7 Å². The number of aliphatic hydroxyl groups excluding tert-OH is 1. The normalized spacial score (nSPS) is 13.7. The highest BCUT2D eigenvalue weighted by Crippen LogP contribution is 2.20. The van der Waals surface area contributed by atoms with Gasteiger partial charge in [0.25, 0.3) is 5.56 Å². The monoisotopic (exact) mass is 337 g/mol. The largest absolute Gasteiger partial charge is 0.394 e. The Morgan fingerprint density at radius 3 is 2.70 bits per heavy atom. The summed E-state index contributed by atoms with van der Waals surface area (Å²) in [6, 6.07) is 0.976. The molecule has 0 aliphatic rings. The molecule has 0 aromatic carbocycles. The molecule has 0 spiro atoms. The number of aliphatic hydroxyl groups is 1. The van der Waals surface area contributed by atoms with Crippen LogP contribution in [-0.2, 0) is 11.5 Å². The van der Waals surface area contributed by atoms with E-state index in [9.17, 15) is 9.90 Å². The van der Waals surface area contributed by atoms with Crippen LogP contribution in [0.15, 0.2) is 17.2 Å². The molecule has 1 atom stereocenters. The van der Waals surface area contributed by atoms with E-state index < -0.39 is 8.07 Å². The van der Waals surface area contributed by atoms with E-state index in [-0.39, 0.29) is 24.9 Å². The Kier molecular flexibility index (Phi) is 5.44. The Labute approximate surface area is 137 Å². The van der Waals surface area contributed by atoms with Gasteiger partial charge in [-0.05, 0) is 25.5 Å². The first-order chi connectivity index (χ1) is 10.7. The highest BCUT2D eigenvalue weighted by atomic mass is 28.3. The zero-order chi connectivity index (χ0) is 17.2. The molecule has 0 saturated carbocycles. The van der Waals surface area contributed by atoms with E-state index in [0.29, 0.717) is 12.0 Å². The molecule has 0 fully saturated rings. The molecule has 2 rings (SSSR count). The number of aromatic nitrogens is 3. The number of aryl methyl sites for hydroxylation is 1. The van der Waals surface area contributed by atoms with Gasteiger partial charge in [0, 0.05) is 20.9 Å². The molecule has 0 amide bonds. The van der Waals surface area contributed by atoms with Gasteiger partial charge < -0.3 is 14.4 Å². The molecule has 1 unspecified atom stereocenters. The van der Waals surface area contributed by atoms with Crippen LogP contribution in [-0.4, -0.2) is 40.7 Å². The molecule has 0 aliphatic heterocycles. The van der Waals surface area contributed by atoms with Crippen LogP contribution in [0, 0.1) is 6.92 Å². The lowest BCUT2D eigenvalue weighted by Crippen LogP contribution is -2.26. The van der Waals surface area contributed by atoms with E-state index in [2.05, 4.69) is 24.7 Å². The van der Waals surface area contributed by atoms with Crippen molar-refractivity contribution in [2.75, 3.05) is 13.2 Å². The van der Waals surface area contributed by atoms with Gasteiger partial charge in [-0.25, -0.2) is 4.68 Å². The van der Waals surface area contributed by atoms with Gasteiger partial charge in [0.05, 0.1) is 29.7 Å². The molecule has 1 N–H and O–H groups in total. The number of hydrogen-bond donors (Lipinski definition) is 1. The number of fused-ring (bicyclic) bond motifs is 1. The third kappa shape index (κ3) is 4.10. The fourth-order valence-corrected chi connectivity index (χ4v) is 3.22. The maximum atomic E-state index is 12.6. The fourth-order valence-electron chi connectivity index (χ4n) is 2.46. The fraction of sp³-hybridized carbons (Fsp3) is 0.625. The van der Waals surface area contributed by atoms with Crippen LogP contribution in [0.1, 0.15) is 18.5 Å². The summed E-state index contributed by atoms with van der Waals surface area (Å²) < 4.78 is 8.90. The summed E-state index contributed by atoms with van der Waals surface area (Å²) in [6.45, 7) is 11.5. The average molecular weight is 337 g/mol. The first-order valence-corrected chi connectivity index (χ1v) is 11.7. The summed E-state index contributed by atoms with van der Waals surface area (Å²) in [7, 11) is -1.13. The molecule has 23 heavy (non-hydrogen) atoms. The van der Waals surface area contributed by atoms with Crippen molar-refractivity contribution < 1.29 is 9.84 Å². The van der Waals surface area contributed by atoms with Gasteiger partial charge in [-0.2, -0.15) is 5.10 Å². The third-order valence-electron chi connectivity index (χ3n) is 3.98. The summed E-state index contributed by atoms with van der Waals surface area (Å²) >= 11 is 0. The van der Waals surface area contributed by atoms with Crippen molar-refractivity contribution in [2.24, 2.45) is 0 Å². The van der Waals surface area contributed by atoms with E-state index in [1.54, 1.807) is 6.20 Å². The van der Waals surface area contributed by atoms with Gasteiger partial charge in [-0.3, -0.25) is 4.79 Å². The summed E-state index contributed by atoms with van der Waals surface area (Å²) in [5.41, 5.74) is 1.51. The second kappa shape index (κ2) is 6.98. The van der Waals surface area contributed by atoms with Crippen molar-refractivity contribution in [2.45, 2.75) is 52.3 Å². The molecule has 2 aromatic heterocycles. The highest BCUT2D eigenvalue weighted by Gasteiger charge is 2.16. The molecule has 2 heterocycles. The van der Waals surface area contributed by atoms with Gasteiger partial charge >= 0.3 is 0 Å². The average Bonchev–Trinajstić information content (AvgIpc) is 2.81. The lowest BCUT2D eigenvalue weighted by Gasteiger charge is -2.15. The van der Waals surface area contributed by atoms with Gasteiger partial charge in [-0.15, -0.1) is 0 Å². The van der Waals surface area contributed by atoms with Crippen LogP contribution in [0.5, 0.6) is 0 Å². The molecule has 2 aromatic rings. The quantitative estimate of drug-likeness (QED) is 0.622. The van der Waals surface area contributed by atoms with Gasteiger partial charge in [0.2, 0.25) is 0 Å². The zero-order valence-electron chi connectivity index (χ0n) is 14.7. The molecule has 7 heteroatoms. The minimum absolute atomic E-state index is 0.0199. The lowest BCUT2D eigenvalue weighted by molar-refractivity contribution is 0.0754. The molecular weight excluding hydrogens is 310 g/mol. The second-order valence-electron chi connectivity index (χ2n) is 7.31. The Bertz CT molecular complexity index is 730. The maximum Gasteiger partial charge on any atom is 0.278 e. The SMILES string of the molecule is Cc1cn(C(C)CO)c2cnn(COCC[Si](C)(C)C)c(=O)c12. The summed E-state index contributed by atoms with van der Waals surface area (Å²) in [4.78, 5) is 12.6. The minimum Gasteiger partial charge on any atom is -0.394 e. The van der Waals surface area contributed by atoms with E-state index in [0.717, 1.165) is 17.1 Å². The highest BCUT2D eigenvalue weighted by molar-refractivity contribution is 6.76. The van der Waals surface area contributed by atoms with Crippen molar-refractivity contribution in [1.29, 1.82) is 0 Å². The first-order valence-electron chi connectivity index (χ1n) is 8.00. The van der Waals surface area contributed by atoms with Crippen LogP contribution in [0.25, 0.3) is 10.9 Å². The van der Waals surface area contributed by atoms with E-state index in [1.165, 1.54) is 4.68 Å². The Morgan fingerprint density at radius 1 is 1.39 bits per heavy atom. The molecule has 128 valence electrons. The van der Waals surface area contributed by atoms with Crippen molar-refractivity contribution in [3.63, 3.8) is 0 Å². The molecule has 0 radical (unpaired) electrons. The van der Waals surface area contributed by atoms with Gasteiger partial charge in [0.1, 0.15) is 6.73 Å². The van der Waals surface area contributed by atoms with Crippen LogP contribution in [0.3, 0.4) is 0 Å². The van der Waals surface area contributed by atoms with Gasteiger partial charge in [-0.1, -0.05) is 19.6 Å². The van der Waals surface area contributed by atoms with Crippen LogP contribution in [0.4, 0.5) is 0 Å². The van der Waals surface area contributed by atoms with E-state index >= 15 is 0 Å². The molecular formula is C16H27N3O3Si. The van der Waals surface area contributed by atoms with Crippen molar-refractivity contribution >= 4 is 19.0 Å². The minimum atomic E-state index is -1.13. The predicted molar refractivity (Wildman–Crippen MR) is 94.6 cm³/mol. The smallest absolute Gasteiger partial charge is 0.278 e. The number of rotatable bonds is 7. The Hall–Kier alpha value is -1.44. The predicted octanol–water partition coefficient (Wildman–Crippen LogP) is 2.37. The number of nitrogens with zero attached hydrogens (tertiary/aromatic N) is 3. The lowest BCUT2D eigenvalue weighted by atomic mass is 10.2. The van der Waals surface area contributed by atoms with Crippen molar-refractivity contribution in [1.82, 2.24) is 14.3 Å². The molecule has 6 nitrogen and oxygen atoms in total. The topological polar surface area (TPSA) is 69.3 Å². The number of hydrogen-bond acceptors (Lipinski definition) is 4. The van der Waals surface area contributed by atoms with Gasteiger partial charge in [0.15, 0.2) is 0 Å². The van der Waals surface area contributed by atoms with E-state index in [1.807, 2.05) is 24.6 Å². The van der Waals surface area contributed by atoms with Crippen molar-refractivity contribution in [3.8, 4) is 0 Å². The zero-order valence-corrected chi connectivity index (χ0v) is 15.7. The Morgan fingerprint density at radius 2 is 2.09 bits per heavy atom. The third-order valence-corrected chi connectivity index (χ3v) is 5.68. The standard InChI is InChI=1S/C16H27N3O3Si/c1-12-9-18(13(2)10-20)14-8-17-19(16(21)15(12)14)11-22-6-7-23(3,4)5/h8-9,13,20H,6-7,10-11H2,1-5H3. The van der Waals surface area contributed by atoms with Crippen molar-refractivity contribution in [3.05, 3.63) is 28.3 Å². The maximum absolute atomic E-state index is 12.6. The summed E-state index contributed by atoms with van der Waals surface area (Å²) in [5.74, 6) is 0. The van der Waals surface area contributed by atoms with Crippen LogP contribution >= 0.6 is 0 Å². The number of ether oxygens (including phenoxy) is 1. The summed E-state index contributed by atoms with van der Waals surface area (Å²) in [6.07, 6.45) is 3.57. The molecule has 0 saturated heterocycles. The Balaban J connectivity index is 2.22. The first kappa shape index (κ1) is 17.9. The summed E-state index contributed by atoms with van der Waals surface area (Å²) in [5, 5.41) is 14.2. The van der Waals surface area contributed by atoms with E-state index in [4.69, 9.17) is 4.74 Å². The van der Waals surface area contributed by atoms with Crippen LogP contribution < -0.4 is 5.56 Å². The second-order valence-corrected chi connectivity index (χ2v) is 12.9.